The lowest BCUT2D eigenvalue weighted by molar-refractivity contribution is -0.139. The summed E-state index contributed by atoms with van der Waals surface area (Å²) < 4.78 is 5.52. The molecule has 1 aliphatic heterocycles. The third-order valence-corrected chi connectivity index (χ3v) is 4.27. The van der Waals surface area contributed by atoms with Crippen LogP contribution in [0.5, 0.6) is 0 Å². The number of hydrogen-bond acceptors (Lipinski definition) is 4. The van der Waals surface area contributed by atoms with E-state index in [2.05, 4.69) is 36.5 Å². The van der Waals surface area contributed by atoms with Gasteiger partial charge in [-0.3, -0.25) is 4.79 Å². The van der Waals surface area contributed by atoms with Gasteiger partial charge in [-0.15, -0.1) is 11.3 Å². The molecule has 1 fully saturated rings. The SMILES string of the molecule is CC(C)(C)c1csc(CNC(=O)[C@]2(C)CCCO2)n1. The van der Waals surface area contributed by atoms with Gasteiger partial charge in [0, 0.05) is 17.4 Å². The molecule has 1 aromatic rings. The van der Waals surface area contributed by atoms with Crippen molar-refractivity contribution in [2.75, 3.05) is 6.61 Å². The second-order valence-electron chi connectivity index (χ2n) is 6.24. The molecule has 1 aliphatic rings. The minimum Gasteiger partial charge on any atom is -0.365 e. The molecule has 2 heterocycles. The van der Waals surface area contributed by atoms with E-state index in [1.165, 1.54) is 0 Å². The Morgan fingerprint density at radius 2 is 2.32 bits per heavy atom. The van der Waals surface area contributed by atoms with Crippen LogP contribution in [0.25, 0.3) is 0 Å². The van der Waals surface area contributed by atoms with Gasteiger partial charge in [0.25, 0.3) is 5.91 Å². The molecule has 1 aromatic heterocycles. The van der Waals surface area contributed by atoms with E-state index in [0.717, 1.165) is 23.5 Å². The number of rotatable bonds is 3. The Labute approximate surface area is 118 Å². The fraction of sp³-hybridized carbons (Fsp3) is 0.714. The van der Waals surface area contributed by atoms with E-state index >= 15 is 0 Å². The van der Waals surface area contributed by atoms with Gasteiger partial charge in [0.2, 0.25) is 0 Å². The van der Waals surface area contributed by atoms with Crippen molar-refractivity contribution >= 4 is 17.2 Å². The van der Waals surface area contributed by atoms with Crippen molar-refractivity contribution in [1.29, 1.82) is 0 Å². The maximum Gasteiger partial charge on any atom is 0.252 e. The third kappa shape index (κ3) is 3.34. The van der Waals surface area contributed by atoms with Gasteiger partial charge < -0.3 is 10.1 Å². The molecule has 1 saturated heterocycles. The number of hydrogen-bond donors (Lipinski definition) is 1. The molecule has 19 heavy (non-hydrogen) atoms. The summed E-state index contributed by atoms with van der Waals surface area (Å²) in [6.45, 7) is 9.43. The smallest absolute Gasteiger partial charge is 0.252 e. The van der Waals surface area contributed by atoms with Crippen LogP contribution in [-0.4, -0.2) is 23.1 Å². The molecular formula is C14H22N2O2S. The maximum absolute atomic E-state index is 12.1. The average Bonchev–Trinajstić information content (AvgIpc) is 2.94. The summed E-state index contributed by atoms with van der Waals surface area (Å²) in [4.78, 5) is 16.7. The number of thiazole rings is 1. The van der Waals surface area contributed by atoms with Gasteiger partial charge in [-0.2, -0.15) is 0 Å². The van der Waals surface area contributed by atoms with Gasteiger partial charge in [0.05, 0.1) is 12.2 Å². The topological polar surface area (TPSA) is 51.2 Å². The van der Waals surface area contributed by atoms with Crippen LogP contribution in [0.4, 0.5) is 0 Å². The van der Waals surface area contributed by atoms with Gasteiger partial charge in [0.1, 0.15) is 10.6 Å². The molecule has 0 saturated carbocycles. The first kappa shape index (κ1) is 14.5. The van der Waals surface area contributed by atoms with Crippen LogP contribution in [0, 0.1) is 0 Å². The predicted molar refractivity (Wildman–Crippen MR) is 76.3 cm³/mol. The normalized spacial score (nSPS) is 23.6. The highest BCUT2D eigenvalue weighted by Gasteiger charge is 2.37. The maximum atomic E-state index is 12.1. The molecule has 0 spiro atoms. The third-order valence-electron chi connectivity index (χ3n) is 3.42. The largest absolute Gasteiger partial charge is 0.365 e. The summed E-state index contributed by atoms with van der Waals surface area (Å²) in [5.74, 6) is -0.0301. The molecule has 0 radical (unpaired) electrons. The lowest BCUT2D eigenvalue weighted by atomic mass is 9.93. The number of carbonyl (C=O) groups is 1. The monoisotopic (exact) mass is 282 g/mol. The first-order valence-corrected chi connectivity index (χ1v) is 7.56. The van der Waals surface area contributed by atoms with Gasteiger partial charge in [-0.1, -0.05) is 20.8 Å². The Morgan fingerprint density at radius 3 is 2.84 bits per heavy atom. The molecule has 1 N–H and O–H groups in total. The highest BCUT2D eigenvalue weighted by atomic mass is 32.1. The Morgan fingerprint density at radius 1 is 1.58 bits per heavy atom. The van der Waals surface area contributed by atoms with E-state index in [4.69, 9.17) is 4.74 Å². The number of ether oxygens (including phenoxy) is 1. The molecular weight excluding hydrogens is 260 g/mol. The minimum atomic E-state index is -0.649. The molecule has 0 bridgehead atoms. The first-order valence-electron chi connectivity index (χ1n) is 6.68. The highest BCUT2D eigenvalue weighted by Crippen LogP contribution is 2.26. The number of aromatic nitrogens is 1. The van der Waals surface area contributed by atoms with E-state index < -0.39 is 5.60 Å². The average molecular weight is 282 g/mol. The molecule has 0 unspecified atom stereocenters. The van der Waals surface area contributed by atoms with Crippen molar-refractivity contribution in [2.45, 2.75) is 58.1 Å². The van der Waals surface area contributed by atoms with E-state index in [1.54, 1.807) is 11.3 Å². The van der Waals surface area contributed by atoms with Crippen LogP contribution < -0.4 is 5.32 Å². The lowest BCUT2D eigenvalue weighted by Crippen LogP contribution is -2.43. The Bertz CT molecular complexity index is 456. The highest BCUT2D eigenvalue weighted by molar-refractivity contribution is 7.09. The van der Waals surface area contributed by atoms with Gasteiger partial charge >= 0.3 is 0 Å². The summed E-state index contributed by atoms with van der Waals surface area (Å²) in [5, 5.41) is 5.94. The van der Waals surface area contributed by atoms with Crippen molar-refractivity contribution < 1.29 is 9.53 Å². The molecule has 0 aromatic carbocycles. The zero-order valence-electron chi connectivity index (χ0n) is 12.1. The fourth-order valence-electron chi connectivity index (χ4n) is 2.04. The molecule has 106 valence electrons. The summed E-state index contributed by atoms with van der Waals surface area (Å²) in [5.41, 5.74) is 0.480. The van der Waals surface area contributed by atoms with Crippen molar-refractivity contribution in [3.8, 4) is 0 Å². The second-order valence-corrected chi connectivity index (χ2v) is 7.18. The Kier molecular flexibility index (Phi) is 3.97. The summed E-state index contributed by atoms with van der Waals surface area (Å²) in [7, 11) is 0. The number of nitrogens with zero attached hydrogens (tertiary/aromatic N) is 1. The molecule has 1 amide bonds. The summed E-state index contributed by atoms with van der Waals surface area (Å²) >= 11 is 1.59. The molecule has 1 atom stereocenters. The molecule has 5 heteroatoms. The number of amides is 1. The van der Waals surface area contributed by atoms with Crippen molar-refractivity contribution in [2.24, 2.45) is 0 Å². The van der Waals surface area contributed by atoms with Crippen LogP contribution in [0.3, 0.4) is 0 Å². The summed E-state index contributed by atoms with van der Waals surface area (Å²) in [6.07, 6.45) is 1.75. The van der Waals surface area contributed by atoms with Gasteiger partial charge in [-0.25, -0.2) is 4.98 Å². The number of carbonyl (C=O) groups excluding carboxylic acids is 1. The van der Waals surface area contributed by atoms with E-state index in [-0.39, 0.29) is 11.3 Å². The molecule has 4 nitrogen and oxygen atoms in total. The predicted octanol–water partition coefficient (Wildman–Crippen LogP) is 2.63. The van der Waals surface area contributed by atoms with E-state index in [9.17, 15) is 4.79 Å². The lowest BCUT2D eigenvalue weighted by Gasteiger charge is -2.21. The summed E-state index contributed by atoms with van der Waals surface area (Å²) in [6, 6.07) is 0. The van der Waals surface area contributed by atoms with E-state index in [1.807, 2.05) is 6.92 Å². The van der Waals surface area contributed by atoms with Crippen molar-refractivity contribution in [1.82, 2.24) is 10.3 Å². The van der Waals surface area contributed by atoms with Crippen LogP contribution >= 0.6 is 11.3 Å². The quantitative estimate of drug-likeness (QED) is 0.927. The van der Waals surface area contributed by atoms with Gasteiger partial charge in [-0.05, 0) is 19.8 Å². The standard InChI is InChI=1S/C14H22N2O2S/c1-13(2,3)10-9-19-11(16-10)8-15-12(17)14(4)6-5-7-18-14/h9H,5-8H2,1-4H3,(H,15,17)/t14-/m0/s1. The number of nitrogens with one attached hydrogen (secondary N) is 1. The van der Waals surface area contributed by atoms with E-state index in [0.29, 0.717) is 13.2 Å². The van der Waals surface area contributed by atoms with Crippen LogP contribution in [0.2, 0.25) is 0 Å². The van der Waals surface area contributed by atoms with Crippen LogP contribution in [0.1, 0.15) is 51.2 Å². The Hall–Kier alpha value is -0.940. The van der Waals surface area contributed by atoms with Crippen molar-refractivity contribution in [3.05, 3.63) is 16.1 Å². The van der Waals surface area contributed by atoms with Crippen molar-refractivity contribution in [3.63, 3.8) is 0 Å². The van der Waals surface area contributed by atoms with Crippen LogP contribution in [0.15, 0.2) is 5.38 Å². The zero-order chi connectivity index (χ0) is 14.1. The zero-order valence-corrected chi connectivity index (χ0v) is 12.9. The second kappa shape index (κ2) is 5.21. The minimum absolute atomic E-state index is 0.0301. The Balaban J connectivity index is 1.92. The van der Waals surface area contributed by atoms with Gasteiger partial charge in [0.15, 0.2) is 0 Å². The first-order chi connectivity index (χ1) is 8.81. The molecule has 0 aliphatic carbocycles. The molecule has 2 rings (SSSR count). The fourth-order valence-corrected chi connectivity index (χ4v) is 3.00. The van der Waals surface area contributed by atoms with Crippen LogP contribution in [-0.2, 0) is 21.5 Å².